The van der Waals surface area contributed by atoms with Crippen molar-refractivity contribution in [1.82, 2.24) is 5.32 Å². The molecule has 1 amide bonds. The molecule has 1 aliphatic rings. The minimum atomic E-state index is 0.0719. The predicted molar refractivity (Wildman–Crippen MR) is 90.6 cm³/mol. The van der Waals surface area contributed by atoms with Gasteiger partial charge in [0.2, 0.25) is 5.91 Å². The summed E-state index contributed by atoms with van der Waals surface area (Å²) >= 11 is 6.09. The summed E-state index contributed by atoms with van der Waals surface area (Å²) in [6.45, 7) is 2.97. The number of hydrogen-bond acceptors (Lipinski definition) is 4. The molecule has 0 radical (unpaired) electrons. The van der Waals surface area contributed by atoms with Crippen molar-refractivity contribution < 1.29 is 9.53 Å². The third-order valence-electron chi connectivity index (χ3n) is 4.13. The van der Waals surface area contributed by atoms with E-state index in [0.717, 1.165) is 38.0 Å². The summed E-state index contributed by atoms with van der Waals surface area (Å²) in [5, 5.41) is 12.4. The molecule has 1 fully saturated rings. The SMILES string of the molecule is COCCCNC(=O)C1CCN(c2ccc(C#N)c(Cl)c2)CC1. The van der Waals surface area contributed by atoms with Crippen molar-refractivity contribution in [2.24, 2.45) is 5.92 Å². The van der Waals surface area contributed by atoms with Crippen LogP contribution in [0.25, 0.3) is 0 Å². The molecule has 1 aromatic carbocycles. The molecule has 0 saturated carbocycles. The van der Waals surface area contributed by atoms with Gasteiger partial charge in [-0.25, -0.2) is 0 Å². The summed E-state index contributed by atoms with van der Waals surface area (Å²) in [4.78, 5) is 14.3. The van der Waals surface area contributed by atoms with E-state index in [1.54, 1.807) is 13.2 Å². The molecule has 0 aliphatic carbocycles. The molecule has 23 heavy (non-hydrogen) atoms. The fourth-order valence-corrected chi connectivity index (χ4v) is 2.98. The van der Waals surface area contributed by atoms with Gasteiger partial charge in [-0.2, -0.15) is 5.26 Å². The Bertz CT molecular complexity index is 578. The number of nitrogens with one attached hydrogen (secondary N) is 1. The van der Waals surface area contributed by atoms with Crippen LogP contribution in [0.15, 0.2) is 18.2 Å². The smallest absolute Gasteiger partial charge is 0.223 e. The standard InChI is InChI=1S/C17H22ClN3O2/c1-23-10-2-7-20-17(22)13-5-8-21(9-6-13)15-4-3-14(12-19)16(18)11-15/h3-4,11,13H,2,5-10H2,1H3,(H,20,22). The van der Waals surface area contributed by atoms with Gasteiger partial charge < -0.3 is 15.0 Å². The number of amides is 1. The molecule has 2 rings (SSSR count). The fraction of sp³-hybridized carbons (Fsp3) is 0.529. The highest BCUT2D eigenvalue weighted by Crippen LogP contribution is 2.27. The number of anilines is 1. The van der Waals surface area contributed by atoms with Crippen LogP contribution < -0.4 is 10.2 Å². The summed E-state index contributed by atoms with van der Waals surface area (Å²) in [7, 11) is 1.66. The van der Waals surface area contributed by atoms with E-state index >= 15 is 0 Å². The van der Waals surface area contributed by atoms with Crippen LogP contribution in [0.4, 0.5) is 5.69 Å². The van der Waals surface area contributed by atoms with E-state index in [1.807, 2.05) is 12.1 Å². The van der Waals surface area contributed by atoms with Crippen LogP contribution in [0.1, 0.15) is 24.8 Å². The number of hydrogen-bond donors (Lipinski definition) is 1. The Morgan fingerprint density at radius 1 is 1.48 bits per heavy atom. The van der Waals surface area contributed by atoms with Gasteiger partial charge >= 0.3 is 0 Å². The number of benzene rings is 1. The van der Waals surface area contributed by atoms with E-state index in [4.69, 9.17) is 21.6 Å². The molecule has 1 saturated heterocycles. The van der Waals surface area contributed by atoms with Gasteiger partial charge in [0.1, 0.15) is 6.07 Å². The van der Waals surface area contributed by atoms with Gasteiger partial charge in [0.05, 0.1) is 10.6 Å². The van der Waals surface area contributed by atoms with Crippen LogP contribution in [0.2, 0.25) is 5.02 Å². The second-order valence-corrected chi connectivity index (χ2v) is 6.08. The number of piperidine rings is 1. The minimum absolute atomic E-state index is 0.0719. The van der Waals surface area contributed by atoms with Crippen molar-refractivity contribution in [3.8, 4) is 6.07 Å². The Kier molecular flexibility index (Phi) is 6.69. The van der Waals surface area contributed by atoms with Crippen molar-refractivity contribution in [1.29, 1.82) is 5.26 Å². The molecule has 1 aliphatic heterocycles. The maximum atomic E-state index is 12.1. The van der Waals surface area contributed by atoms with Gasteiger partial charge in [0, 0.05) is 45.0 Å². The number of nitrogens with zero attached hydrogens (tertiary/aromatic N) is 2. The van der Waals surface area contributed by atoms with E-state index in [1.165, 1.54) is 0 Å². The van der Waals surface area contributed by atoms with Gasteiger partial charge in [0.25, 0.3) is 0 Å². The van der Waals surface area contributed by atoms with E-state index in [9.17, 15) is 4.79 Å². The highest BCUT2D eigenvalue weighted by atomic mass is 35.5. The van der Waals surface area contributed by atoms with E-state index < -0.39 is 0 Å². The van der Waals surface area contributed by atoms with E-state index in [-0.39, 0.29) is 11.8 Å². The summed E-state index contributed by atoms with van der Waals surface area (Å²) in [6.07, 6.45) is 2.49. The number of carbonyl (C=O) groups is 1. The molecule has 0 spiro atoms. The van der Waals surface area contributed by atoms with E-state index in [2.05, 4.69) is 16.3 Å². The number of ether oxygens (including phenoxy) is 1. The van der Waals surface area contributed by atoms with Gasteiger partial charge in [-0.3, -0.25) is 4.79 Å². The van der Waals surface area contributed by atoms with Crippen molar-refractivity contribution >= 4 is 23.2 Å². The molecule has 1 aromatic rings. The lowest BCUT2D eigenvalue weighted by atomic mass is 9.95. The molecule has 1 N–H and O–H groups in total. The average molecular weight is 336 g/mol. The van der Waals surface area contributed by atoms with Gasteiger partial charge in [-0.05, 0) is 37.5 Å². The molecule has 5 nitrogen and oxygen atoms in total. The molecule has 0 bridgehead atoms. The van der Waals surface area contributed by atoms with Gasteiger partial charge in [-0.15, -0.1) is 0 Å². The normalized spacial score (nSPS) is 15.3. The molecule has 0 aromatic heterocycles. The largest absolute Gasteiger partial charge is 0.385 e. The zero-order valence-corrected chi connectivity index (χ0v) is 14.1. The summed E-state index contributed by atoms with van der Waals surface area (Å²) < 4.78 is 4.97. The van der Waals surface area contributed by atoms with Crippen molar-refractivity contribution in [2.75, 3.05) is 38.3 Å². The van der Waals surface area contributed by atoms with Crippen LogP contribution in [-0.2, 0) is 9.53 Å². The van der Waals surface area contributed by atoms with Gasteiger partial charge in [-0.1, -0.05) is 11.6 Å². The predicted octanol–water partition coefficient (Wildman–Crippen LogP) is 2.58. The Labute approximate surface area is 142 Å². The Balaban J connectivity index is 1.83. The van der Waals surface area contributed by atoms with E-state index in [0.29, 0.717) is 23.7 Å². The molecular weight excluding hydrogens is 314 g/mol. The molecular formula is C17H22ClN3O2. The Hall–Kier alpha value is -1.77. The fourth-order valence-electron chi connectivity index (χ4n) is 2.76. The molecule has 1 heterocycles. The first kappa shape index (κ1) is 17.6. The van der Waals surface area contributed by atoms with Crippen LogP contribution >= 0.6 is 11.6 Å². The quantitative estimate of drug-likeness (QED) is 0.811. The summed E-state index contributed by atoms with van der Waals surface area (Å²) in [5.41, 5.74) is 1.49. The highest BCUT2D eigenvalue weighted by molar-refractivity contribution is 6.32. The molecule has 6 heteroatoms. The maximum absolute atomic E-state index is 12.1. The Morgan fingerprint density at radius 3 is 2.83 bits per heavy atom. The first-order chi connectivity index (χ1) is 11.2. The third kappa shape index (κ3) is 4.85. The minimum Gasteiger partial charge on any atom is -0.385 e. The first-order valence-corrected chi connectivity index (χ1v) is 8.24. The lowest BCUT2D eigenvalue weighted by Gasteiger charge is -2.33. The van der Waals surface area contributed by atoms with Crippen molar-refractivity contribution in [2.45, 2.75) is 19.3 Å². The lowest BCUT2D eigenvalue weighted by molar-refractivity contribution is -0.125. The first-order valence-electron chi connectivity index (χ1n) is 7.87. The topological polar surface area (TPSA) is 65.4 Å². The summed E-state index contributed by atoms with van der Waals surface area (Å²) in [5.74, 6) is 0.210. The third-order valence-corrected chi connectivity index (χ3v) is 4.44. The number of rotatable bonds is 6. The molecule has 124 valence electrons. The van der Waals surface area contributed by atoms with Crippen LogP contribution in [0.3, 0.4) is 0 Å². The number of nitriles is 1. The Morgan fingerprint density at radius 2 is 2.22 bits per heavy atom. The number of halogens is 1. The van der Waals surface area contributed by atoms with Crippen LogP contribution in [0, 0.1) is 17.2 Å². The second-order valence-electron chi connectivity index (χ2n) is 5.67. The van der Waals surface area contributed by atoms with Gasteiger partial charge in [0.15, 0.2) is 0 Å². The highest BCUT2D eigenvalue weighted by Gasteiger charge is 2.25. The molecule has 0 unspecified atom stereocenters. The number of carbonyl (C=O) groups excluding carboxylic acids is 1. The second kappa shape index (κ2) is 8.76. The van der Waals surface area contributed by atoms with Crippen molar-refractivity contribution in [3.63, 3.8) is 0 Å². The molecule has 0 atom stereocenters. The monoisotopic (exact) mass is 335 g/mol. The van der Waals surface area contributed by atoms with Crippen LogP contribution in [0.5, 0.6) is 0 Å². The maximum Gasteiger partial charge on any atom is 0.223 e. The number of methoxy groups -OCH3 is 1. The van der Waals surface area contributed by atoms with Crippen molar-refractivity contribution in [3.05, 3.63) is 28.8 Å². The summed E-state index contributed by atoms with van der Waals surface area (Å²) in [6, 6.07) is 7.54. The zero-order valence-electron chi connectivity index (χ0n) is 13.3. The lowest BCUT2D eigenvalue weighted by Crippen LogP contribution is -2.41. The van der Waals surface area contributed by atoms with Crippen LogP contribution in [-0.4, -0.2) is 39.3 Å². The zero-order chi connectivity index (χ0) is 16.7. The average Bonchev–Trinajstić information content (AvgIpc) is 2.58.